The van der Waals surface area contributed by atoms with Crippen LogP contribution in [0.5, 0.6) is 0 Å². The van der Waals surface area contributed by atoms with Crippen molar-refractivity contribution in [2.75, 3.05) is 13.1 Å². The monoisotopic (exact) mass is 310 g/mol. The normalized spacial score (nSPS) is 27.8. The van der Waals surface area contributed by atoms with Crippen molar-refractivity contribution in [3.05, 3.63) is 0 Å². The van der Waals surface area contributed by atoms with Gasteiger partial charge in [-0.15, -0.1) is 0 Å². The molecule has 2 N–H and O–H groups in total. The topological polar surface area (TPSA) is 50.4 Å². The molecule has 2 aliphatic rings. The zero-order chi connectivity index (χ0) is 16.2. The number of nitrogens with one attached hydrogen (secondary N) is 2. The van der Waals surface area contributed by atoms with E-state index in [9.17, 15) is 4.79 Å². The first-order chi connectivity index (χ1) is 10.3. The highest BCUT2D eigenvalue weighted by Crippen LogP contribution is 2.40. The van der Waals surface area contributed by atoms with Crippen LogP contribution in [0.1, 0.15) is 72.6 Å². The van der Waals surface area contributed by atoms with Gasteiger partial charge >= 0.3 is 6.09 Å². The molecule has 0 aromatic carbocycles. The lowest BCUT2D eigenvalue weighted by atomic mass is 9.70. The number of ether oxygens (including phenoxy) is 1. The van der Waals surface area contributed by atoms with Gasteiger partial charge in [0, 0.05) is 19.1 Å². The summed E-state index contributed by atoms with van der Waals surface area (Å²) in [5.41, 5.74) is 0.0910. The molecule has 0 aromatic heterocycles. The highest BCUT2D eigenvalue weighted by molar-refractivity contribution is 5.67. The lowest BCUT2D eigenvalue weighted by molar-refractivity contribution is 0.0507. The molecule has 128 valence electrons. The zero-order valence-corrected chi connectivity index (χ0v) is 14.8. The Bertz CT molecular complexity index is 372. The minimum atomic E-state index is -0.423. The van der Waals surface area contributed by atoms with E-state index >= 15 is 0 Å². The van der Waals surface area contributed by atoms with Crippen molar-refractivity contribution in [1.29, 1.82) is 0 Å². The van der Waals surface area contributed by atoms with Gasteiger partial charge in [-0.25, -0.2) is 4.79 Å². The van der Waals surface area contributed by atoms with E-state index in [1.165, 1.54) is 44.9 Å². The molecule has 4 heteroatoms. The van der Waals surface area contributed by atoms with Crippen LogP contribution in [0.25, 0.3) is 0 Å². The maximum absolute atomic E-state index is 11.8. The summed E-state index contributed by atoms with van der Waals surface area (Å²) >= 11 is 0. The molecule has 2 aliphatic carbocycles. The van der Waals surface area contributed by atoms with Crippen LogP contribution < -0.4 is 10.6 Å². The van der Waals surface area contributed by atoms with Crippen molar-refractivity contribution in [2.24, 2.45) is 11.3 Å². The van der Waals surface area contributed by atoms with Gasteiger partial charge in [0.2, 0.25) is 0 Å². The van der Waals surface area contributed by atoms with E-state index in [4.69, 9.17) is 4.74 Å². The fourth-order valence-electron chi connectivity index (χ4n) is 3.58. The van der Waals surface area contributed by atoms with Crippen LogP contribution >= 0.6 is 0 Å². The van der Waals surface area contributed by atoms with E-state index in [2.05, 4.69) is 17.6 Å². The average Bonchev–Trinajstić information content (AvgIpc) is 2.40. The van der Waals surface area contributed by atoms with Crippen LogP contribution in [0.2, 0.25) is 0 Å². The van der Waals surface area contributed by atoms with Crippen molar-refractivity contribution in [3.63, 3.8) is 0 Å². The Morgan fingerprint density at radius 2 is 1.86 bits per heavy atom. The van der Waals surface area contributed by atoms with Crippen molar-refractivity contribution in [2.45, 2.75) is 84.3 Å². The third-order valence-corrected chi connectivity index (χ3v) is 5.17. The van der Waals surface area contributed by atoms with Crippen molar-refractivity contribution in [3.8, 4) is 0 Å². The van der Waals surface area contributed by atoms with E-state index in [0.29, 0.717) is 17.4 Å². The van der Waals surface area contributed by atoms with Gasteiger partial charge in [0.05, 0.1) is 0 Å². The number of alkyl carbamates (subject to hydrolysis) is 1. The first-order valence-electron chi connectivity index (χ1n) is 8.98. The number of amides is 1. The number of carbonyl (C=O) groups excluding carboxylic acids is 1. The van der Waals surface area contributed by atoms with Gasteiger partial charge in [-0.05, 0) is 57.8 Å². The van der Waals surface area contributed by atoms with Crippen molar-refractivity contribution < 1.29 is 9.53 Å². The molecule has 1 amide bonds. The van der Waals surface area contributed by atoms with Crippen LogP contribution in [-0.2, 0) is 4.74 Å². The summed E-state index contributed by atoms with van der Waals surface area (Å²) in [4.78, 5) is 11.8. The summed E-state index contributed by atoms with van der Waals surface area (Å²) in [6.45, 7) is 9.94. The second-order valence-electron chi connectivity index (χ2n) is 8.58. The third kappa shape index (κ3) is 5.45. The molecule has 4 nitrogen and oxygen atoms in total. The minimum absolute atomic E-state index is 0.289. The van der Waals surface area contributed by atoms with E-state index in [1.807, 2.05) is 20.8 Å². The van der Waals surface area contributed by atoms with E-state index in [0.717, 1.165) is 13.1 Å². The van der Waals surface area contributed by atoms with Crippen LogP contribution in [-0.4, -0.2) is 30.8 Å². The summed E-state index contributed by atoms with van der Waals surface area (Å²) in [7, 11) is 0. The number of rotatable bonds is 5. The highest BCUT2D eigenvalue weighted by atomic mass is 16.6. The molecular formula is C18H34N2O2. The second kappa shape index (κ2) is 7.20. The van der Waals surface area contributed by atoms with Crippen LogP contribution in [0.3, 0.4) is 0 Å². The van der Waals surface area contributed by atoms with Gasteiger partial charge in [-0.2, -0.15) is 0 Å². The number of hydrogen-bond acceptors (Lipinski definition) is 3. The largest absolute Gasteiger partial charge is 0.444 e. The molecule has 2 atom stereocenters. The molecule has 0 aliphatic heterocycles. The van der Waals surface area contributed by atoms with Gasteiger partial charge in [-0.3, -0.25) is 0 Å². The molecule has 0 bridgehead atoms. The Balaban J connectivity index is 1.75. The van der Waals surface area contributed by atoms with Crippen molar-refractivity contribution >= 4 is 6.09 Å². The molecule has 0 spiro atoms. The van der Waals surface area contributed by atoms with Crippen molar-refractivity contribution in [1.82, 2.24) is 10.6 Å². The Kier molecular flexibility index (Phi) is 5.76. The molecule has 22 heavy (non-hydrogen) atoms. The maximum atomic E-state index is 11.8. The standard InChI is InChI=1S/C18H34N2O2/c1-17(2,3)22-16(21)19-12-14-8-5-6-9-15(14)20-13-18(4)10-7-11-18/h14-15,20H,5-13H2,1-4H3,(H,19,21). The molecule has 0 radical (unpaired) electrons. The Hall–Kier alpha value is -0.770. The van der Waals surface area contributed by atoms with E-state index in [-0.39, 0.29) is 6.09 Å². The van der Waals surface area contributed by atoms with E-state index in [1.54, 1.807) is 0 Å². The quantitative estimate of drug-likeness (QED) is 0.811. The minimum Gasteiger partial charge on any atom is -0.444 e. The highest BCUT2D eigenvalue weighted by Gasteiger charge is 2.33. The predicted molar refractivity (Wildman–Crippen MR) is 89.9 cm³/mol. The molecule has 0 heterocycles. The lowest BCUT2D eigenvalue weighted by Crippen LogP contribution is -2.49. The van der Waals surface area contributed by atoms with Gasteiger partial charge < -0.3 is 15.4 Å². The molecule has 0 saturated heterocycles. The molecule has 0 aromatic rings. The molecule has 2 saturated carbocycles. The van der Waals surface area contributed by atoms with Gasteiger partial charge in [-0.1, -0.05) is 26.2 Å². The van der Waals surface area contributed by atoms with Gasteiger partial charge in [0.15, 0.2) is 0 Å². The van der Waals surface area contributed by atoms with Crippen LogP contribution in [0, 0.1) is 11.3 Å². The average molecular weight is 310 g/mol. The van der Waals surface area contributed by atoms with Crippen LogP contribution in [0.15, 0.2) is 0 Å². The first kappa shape index (κ1) is 17.6. The summed E-state index contributed by atoms with van der Waals surface area (Å²) in [6.07, 6.45) is 8.81. The fraction of sp³-hybridized carbons (Fsp3) is 0.944. The number of hydrogen-bond donors (Lipinski definition) is 2. The molecular weight excluding hydrogens is 276 g/mol. The fourth-order valence-corrected chi connectivity index (χ4v) is 3.58. The summed E-state index contributed by atoms with van der Waals surface area (Å²) < 4.78 is 5.33. The Morgan fingerprint density at radius 3 is 2.45 bits per heavy atom. The maximum Gasteiger partial charge on any atom is 0.407 e. The van der Waals surface area contributed by atoms with Gasteiger partial charge in [0.1, 0.15) is 5.60 Å². The van der Waals surface area contributed by atoms with Crippen LogP contribution in [0.4, 0.5) is 4.79 Å². The number of carbonyl (C=O) groups is 1. The smallest absolute Gasteiger partial charge is 0.407 e. The predicted octanol–water partition coefficient (Wildman–Crippen LogP) is 3.85. The third-order valence-electron chi connectivity index (χ3n) is 5.17. The SMILES string of the molecule is CC1(CNC2CCCCC2CNC(=O)OC(C)(C)C)CCC1. The first-order valence-corrected chi connectivity index (χ1v) is 8.98. The molecule has 2 unspecified atom stereocenters. The zero-order valence-electron chi connectivity index (χ0n) is 14.8. The van der Waals surface area contributed by atoms with Gasteiger partial charge in [0.25, 0.3) is 0 Å². The Labute approximate surface area is 135 Å². The lowest BCUT2D eigenvalue weighted by Gasteiger charge is -2.41. The molecule has 2 fully saturated rings. The summed E-state index contributed by atoms with van der Waals surface area (Å²) in [5, 5.41) is 6.76. The molecule has 2 rings (SSSR count). The van der Waals surface area contributed by atoms with E-state index < -0.39 is 5.60 Å². The Morgan fingerprint density at radius 1 is 1.18 bits per heavy atom. The summed E-state index contributed by atoms with van der Waals surface area (Å²) in [6, 6.07) is 0.543. The second-order valence-corrected chi connectivity index (χ2v) is 8.58. The summed E-state index contributed by atoms with van der Waals surface area (Å²) in [5.74, 6) is 0.532.